The first-order chi connectivity index (χ1) is 11.7. The average Bonchev–Trinajstić information content (AvgIpc) is 2.83. The highest BCUT2D eigenvalue weighted by atomic mass is 16.5. The summed E-state index contributed by atoms with van der Waals surface area (Å²) in [6.07, 6.45) is 3.34. The van der Waals surface area contributed by atoms with Crippen molar-refractivity contribution in [3.05, 3.63) is 18.2 Å². The average molecular weight is 332 g/mol. The van der Waals surface area contributed by atoms with Crippen molar-refractivity contribution in [2.24, 2.45) is 10.7 Å². The molecule has 2 aliphatic heterocycles. The summed E-state index contributed by atoms with van der Waals surface area (Å²) in [5.74, 6) is 2.08. The van der Waals surface area contributed by atoms with Crippen LogP contribution in [0.15, 0.2) is 23.2 Å². The van der Waals surface area contributed by atoms with E-state index >= 15 is 0 Å². The van der Waals surface area contributed by atoms with Gasteiger partial charge >= 0.3 is 0 Å². The maximum Gasteiger partial charge on any atom is 0.222 e. The van der Waals surface area contributed by atoms with Crippen molar-refractivity contribution < 1.29 is 14.3 Å². The fraction of sp³-hybridized carbons (Fsp3) is 0.529. The number of hydrogen-bond donors (Lipinski definition) is 2. The van der Waals surface area contributed by atoms with Crippen LogP contribution in [0.2, 0.25) is 0 Å². The highest BCUT2D eigenvalue weighted by Gasteiger charge is 2.18. The van der Waals surface area contributed by atoms with Gasteiger partial charge in [0.25, 0.3) is 0 Å². The molecule has 0 atom stereocenters. The molecule has 0 bridgehead atoms. The molecule has 0 saturated carbocycles. The SMILES string of the molecule is NC(=NCCCN1CCCC1=O)Nc1ccc2c(c1)OCCCO2. The Bertz CT molecular complexity index is 618. The minimum absolute atomic E-state index is 0.247. The van der Waals surface area contributed by atoms with Gasteiger partial charge in [0.1, 0.15) is 0 Å². The van der Waals surface area contributed by atoms with Gasteiger partial charge in [0.05, 0.1) is 13.2 Å². The number of carbonyl (C=O) groups excluding carboxylic acids is 1. The van der Waals surface area contributed by atoms with E-state index in [2.05, 4.69) is 10.3 Å². The van der Waals surface area contributed by atoms with Crippen LogP contribution in [0.3, 0.4) is 0 Å². The van der Waals surface area contributed by atoms with Crippen molar-refractivity contribution >= 4 is 17.6 Å². The number of anilines is 1. The number of fused-ring (bicyclic) bond motifs is 1. The first kappa shape index (κ1) is 16.4. The first-order valence-corrected chi connectivity index (χ1v) is 8.47. The normalized spacial score (nSPS) is 17.8. The van der Waals surface area contributed by atoms with Crippen molar-refractivity contribution in [3.63, 3.8) is 0 Å². The number of carbonyl (C=O) groups is 1. The Morgan fingerprint density at radius 2 is 2.08 bits per heavy atom. The predicted molar refractivity (Wildman–Crippen MR) is 92.6 cm³/mol. The highest BCUT2D eigenvalue weighted by molar-refractivity contribution is 5.92. The van der Waals surface area contributed by atoms with E-state index in [1.807, 2.05) is 23.1 Å². The summed E-state index contributed by atoms with van der Waals surface area (Å²) in [5, 5.41) is 3.06. The molecule has 2 heterocycles. The lowest BCUT2D eigenvalue weighted by Crippen LogP contribution is -2.27. The van der Waals surface area contributed by atoms with E-state index in [1.165, 1.54) is 0 Å². The van der Waals surface area contributed by atoms with Crippen molar-refractivity contribution in [1.29, 1.82) is 0 Å². The summed E-state index contributed by atoms with van der Waals surface area (Å²) < 4.78 is 11.3. The van der Waals surface area contributed by atoms with Crippen LogP contribution in [0, 0.1) is 0 Å². The van der Waals surface area contributed by atoms with Crippen LogP contribution in [0.4, 0.5) is 5.69 Å². The highest BCUT2D eigenvalue weighted by Crippen LogP contribution is 2.32. The third-order valence-corrected chi connectivity index (χ3v) is 4.06. The molecule has 0 aliphatic carbocycles. The molecular formula is C17H24N4O3. The second-order valence-corrected chi connectivity index (χ2v) is 5.94. The minimum atomic E-state index is 0.247. The Morgan fingerprint density at radius 1 is 1.25 bits per heavy atom. The van der Waals surface area contributed by atoms with Crippen LogP contribution in [0.5, 0.6) is 11.5 Å². The van der Waals surface area contributed by atoms with E-state index in [0.29, 0.717) is 32.1 Å². The van der Waals surface area contributed by atoms with E-state index in [0.717, 1.165) is 49.5 Å². The number of aliphatic imine (C=N–C) groups is 1. The molecule has 0 radical (unpaired) electrons. The topological polar surface area (TPSA) is 89.2 Å². The molecule has 0 aromatic heterocycles. The predicted octanol–water partition coefficient (Wildman–Crippen LogP) is 1.59. The minimum Gasteiger partial charge on any atom is -0.490 e. The van der Waals surface area contributed by atoms with Gasteiger partial charge in [0, 0.05) is 44.2 Å². The second kappa shape index (κ2) is 7.90. The Balaban J connectivity index is 1.48. The summed E-state index contributed by atoms with van der Waals surface area (Å²) in [7, 11) is 0. The Labute approximate surface area is 141 Å². The molecule has 3 N–H and O–H groups in total. The lowest BCUT2D eigenvalue weighted by atomic mass is 10.3. The van der Waals surface area contributed by atoms with E-state index < -0.39 is 0 Å². The number of likely N-dealkylation sites (tertiary alicyclic amines) is 1. The zero-order chi connectivity index (χ0) is 16.8. The van der Waals surface area contributed by atoms with Crippen LogP contribution in [-0.2, 0) is 4.79 Å². The van der Waals surface area contributed by atoms with Gasteiger partial charge in [0.2, 0.25) is 5.91 Å². The van der Waals surface area contributed by atoms with E-state index in [1.54, 1.807) is 0 Å². The Hall–Kier alpha value is -2.44. The van der Waals surface area contributed by atoms with Crippen LogP contribution in [0.1, 0.15) is 25.7 Å². The smallest absolute Gasteiger partial charge is 0.222 e. The standard InChI is InChI=1S/C17H24N4O3/c18-17(19-7-2-9-21-8-1-4-16(21)22)20-13-5-6-14-15(12-13)24-11-3-10-23-14/h5-6,12H,1-4,7-11H2,(H3,18,19,20). The second-order valence-electron chi connectivity index (χ2n) is 5.94. The molecular weight excluding hydrogens is 308 g/mol. The van der Waals surface area contributed by atoms with E-state index in [-0.39, 0.29) is 5.91 Å². The maximum absolute atomic E-state index is 11.5. The van der Waals surface area contributed by atoms with Crippen LogP contribution < -0.4 is 20.5 Å². The van der Waals surface area contributed by atoms with Crippen molar-refractivity contribution in [2.45, 2.75) is 25.7 Å². The lowest BCUT2D eigenvalue weighted by molar-refractivity contribution is -0.127. The molecule has 1 saturated heterocycles. The van der Waals surface area contributed by atoms with Crippen LogP contribution in [-0.4, -0.2) is 49.6 Å². The van der Waals surface area contributed by atoms with Crippen molar-refractivity contribution in [3.8, 4) is 11.5 Å². The molecule has 130 valence electrons. The van der Waals surface area contributed by atoms with Gasteiger partial charge in [-0.25, -0.2) is 0 Å². The Morgan fingerprint density at radius 3 is 2.88 bits per heavy atom. The molecule has 24 heavy (non-hydrogen) atoms. The quantitative estimate of drug-likeness (QED) is 0.485. The number of hydrogen-bond acceptors (Lipinski definition) is 4. The number of guanidine groups is 1. The first-order valence-electron chi connectivity index (χ1n) is 8.47. The number of rotatable bonds is 5. The fourth-order valence-corrected chi connectivity index (χ4v) is 2.83. The zero-order valence-electron chi connectivity index (χ0n) is 13.8. The van der Waals surface area contributed by atoms with E-state index in [9.17, 15) is 4.79 Å². The molecule has 1 fully saturated rings. The number of ether oxygens (including phenoxy) is 2. The number of amides is 1. The van der Waals surface area contributed by atoms with Gasteiger partial charge in [-0.05, 0) is 25.0 Å². The molecule has 0 spiro atoms. The summed E-state index contributed by atoms with van der Waals surface area (Å²) in [6, 6.07) is 5.62. The monoisotopic (exact) mass is 332 g/mol. The van der Waals surface area contributed by atoms with Crippen molar-refractivity contribution in [1.82, 2.24) is 4.90 Å². The lowest BCUT2D eigenvalue weighted by Gasteiger charge is -2.14. The molecule has 1 aromatic carbocycles. The molecule has 7 heteroatoms. The summed E-state index contributed by atoms with van der Waals surface area (Å²) in [5.41, 5.74) is 6.74. The largest absolute Gasteiger partial charge is 0.490 e. The summed E-state index contributed by atoms with van der Waals surface area (Å²) >= 11 is 0. The molecule has 0 unspecified atom stereocenters. The third kappa shape index (κ3) is 4.31. The number of nitrogens with zero attached hydrogens (tertiary/aromatic N) is 2. The Kier molecular flexibility index (Phi) is 5.40. The zero-order valence-corrected chi connectivity index (χ0v) is 13.8. The van der Waals surface area contributed by atoms with Crippen LogP contribution in [0.25, 0.3) is 0 Å². The molecule has 3 rings (SSSR count). The molecule has 7 nitrogen and oxygen atoms in total. The summed E-state index contributed by atoms with van der Waals surface area (Å²) in [6.45, 7) is 3.53. The van der Waals surface area contributed by atoms with Gasteiger partial charge in [-0.15, -0.1) is 0 Å². The number of benzene rings is 1. The fourth-order valence-electron chi connectivity index (χ4n) is 2.83. The van der Waals surface area contributed by atoms with Crippen molar-refractivity contribution in [2.75, 3.05) is 38.2 Å². The van der Waals surface area contributed by atoms with Gasteiger partial charge in [-0.2, -0.15) is 0 Å². The summed E-state index contributed by atoms with van der Waals surface area (Å²) in [4.78, 5) is 17.7. The number of nitrogens with one attached hydrogen (secondary N) is 1. The van der Waals surface area contributed by atoms with Crippen LogP contribution >= 0.6 is 0 Å². The number of nitrogens with two attached hydrogens (primary N) is 1. The van der Waals surface area contributed by atoms with Gasteiger partial charge in [-0.3, -0.25) is 9.79 Å². The molecule has 1 aromatic rings. The molecule has 2 aliphatic rings. The molecule has 1 amide bonds. The van der Waals surface area contributed by atoms with Gasteiger partial charge in [0.15, 0.2) is 17.5 Å². The van der Waals surface area contributed by atoms with E-state index in [4.69, 9.17) is 15.2 Å². The third-order valence-electron chi connectivity index (χ3n) is 4.06. The maximum atomic E-state index is 11.5. The van der Waals surface area contributed by atoms with Gasteiger partial charge < -0.3 is 25.4 Å². The van der Waals surface area contributed by atoms with Gasteiger partial charge in [-0.1, -0.05) is 0 Å².